The van der Waals surface area contributed by atoms with Crippen LogP contribution in [-0.4, -0.2) is 138 Å². The van der Waals surface area contributed by atoms with E-state index in [1.54, 1.807) is 6.07 Å². The Labute approximate surface area is 281 Å². The number of aromatic nitrogens is 4. The van der Waals surface area contributed by atoms with Crippen molar-refractivity contribution in [1.82, 2.24) is 40.2 Å². The Balaban J connectivity index is 1.14. The molecule has 0 spiro atoms. The predicted octanol–water partition coefficient (Wildman–Crippen LogP) is 0.702. The Morgan fingerprint density at radius 3 is 2.53 bits per heavy atom. The molecule has 2 amide bonds. The molecule has 4 aromatic rings. The second-order valence-corrected chi connectivity index (χ2v) is 11.3. The molecule has 0 bridgehead atoms. The fourth-order valence-corrected chi connectivity index (χ4v) is 5.92. The second kappa shape index (κ2) is 15.0. The average molecular weight is 671 g/mol. The van der Waals surface area contributed by atoms with Crippen LogP contribution < -0.4 is 20.9 Å². The molecular weight excluding hydrogens is 632 g/mol. The molecule has 6 rings (SSSR count). The minimum Gasteiger partial charge on any atom is -0.494 e. The van der Waals surface area contributed by atoms with Gasteiger partial charge in [0.05, 0.1) is 48.7 Å². The number of amides is 2. The number of fused-ring (bicyclic) bond motifs is 1. The summed E-state index contributed by atoms with van der Waals surface area (Å²) in [5, 5.41) is 19.9. The van der Waals surface area contributed by atoms with Crippen LogP contribution in [0, 0.1) is 0 Å². The number of guanidine groups is 1. The van der Waals surface area contributed by atoms with Gasteiger partial charge in [-0.05, 0) is 18.2 Å². The molecule has 3 aromatic heterocycles. The highest BCUT2D eigenvalue weighted by Crippen LogP contribution is 2.34. The van der Waals surface area contributed by atoms with E-state index in [2.05, 4.69) is 47.3 Å². The maximum absolute atomic E-state index is 13.7. The van der Waals surface area contributed by atoms with Crippen LogP contribution in [0.1, 0.15) is 20.8 Å². The minimum absolute atomic E-state index is 0.134. The summed E-state index contributed by atoms with van der Waals surface area (Å²) in [5.41, 5.74) is 2.32. The number of anilines is 1. The molecule has 2 saturated heterocycles. The number of rotatable bonds is 10. The molecule has 0 radical (unpaired) electrons. The quantitative estimate of drug-likeness (QED) is 0.0462. The van der Waals surface area contributed by atoms with Gasteiger partial charge in [-0.15, -0.1) is 5.10 Å². The van der Waals surface area contributed by atoms with Crippen molar-refractivity contribution in [3.63, 3.8) is 0 Å². The summed E-state index contributed by atoms with van der Waals surface area (Å²) in [7, 11) is 1.46. The van der Waals surface area contributed by atoms with E-state index >= 15 is 0 Å². The second-order valence-electron chi connectivity index (χ2n) is 11.3. The molecule has 0 aliphatic carbocycles. The number of benzene rings is 1. The maximum atomic E-state index is 13.7. The molecule has 5 heterocycles. The summed E-state index contributed by atoms with van der Waals surface area (Å²) < 4.78 is 10.9. The first-order chi connectivity index (χ1) is 23.9. The van der Waals surface area contributed by atoms with Crippen molar-refractivity contribution in [3.8, 4) is 17.1 Å². The number of Topliss-reactive ketones (excluding diaryl/α,β-unsaturated/α-hetero) is 1. The van der Waals surface area contributed by atoms with Gasteiger partial charge < -0.3 is 35.4 Å². The van der Waals surface area contributed by atoms with Crippen LogP contribution >= 0.6 is 0 Å². The lowest BCUT2D eigenvalue weighted by Crippen LogP contribution is -2.55. The molecule has 5 N–H and O–H groups in total. The van der Waals surface area contributed by atoms with Crippen molar-refractivity contribution in [2.24, 2.45) is 16.0 Å². The van der Waals surface area contributed by atoms with Gasteiger partial charge in [-0.25, -0.2) is 4.98 Å². The van der Waals surface area contributed by atoms with Crippen LogP contribution in [0.2, 0.25) is 0 Å². The highest BCUT2D eigenvalue weighted by atomic mass is 16.5. The van der Waals surface area contributed by atoms with Crippen molar-refractivity contribution < 1.29 is 23.9 Å². The number of para-hydroxylation sites is 1. The van der Waals surface area contributed by atoms with Crippen molar-refractivity contribution in [2.75, 3.05) is 77.7 Å². The number of morpholine rings is 1. The van der Waals surface area contributed by atoms with Gasteiger partial charge in [0.2, 0.25) is 5.96 Å². The molecule has 2 aliphatic heterocycles. The van der Waals surface area contributed by atoms with E-state index in [1.807, 2.05) is 35.2 Å². The maximum Gasteiger partial charge on any atom is 0.295 e. The molecule has 256 valence electrons. The summed E-state index contributed by atoms with van der Waals surface area (Å²) in [5.74, 6) is 4.75. The van der Waals surface area contributed by atoms with E-state index in [0.717, 1.165) is 18.8 Å². The molecule has 0 atom stereocenters. The van der Waals surface area contributed by atoms with Crippen LogP contribution in [0.25, 0.3) is 22.3 Å². The van der Waals surface area contributed by atoms with E-state index in [1.165, 1.54) is 29.4 Å². The number of carbonyl (C=O) groups excluding carboxylic acids is 3. The Bertz CT molecular complexity index is 1840. The number of nitrogens with one attached hydrogen (secondary N) is 3. The lowest BCUT2D eigenvalue weighted by Gasteiger charge is -2.37. The van der Waals surface area contributed by atoms with Gasteiger partial charge in [0, 0.05) is 65.3 Å². The third kappa shape index (κ3) is 6.93. The fourth-order valence-electron chi connectivity index (χ4n) is 5.92. The number of carbonyl (C=O) groups is 3. The zero-order chi connectivity index (χ0) is 34.3. The highest BCUT2D eigenvalue weighted by molar-refractivity contribution is 6.45. The Morgan fingerprint density at radius 2 is 1.84 bits per heavy atom. The van der Waals surface area contributed by atoms with Crippen LogP contribution in [-0.2, 0) is 9.53 Å². The van der Waals surface area contributed by atoms with Crippen molar-refractivity contribution in [1.29, 1.82) is 0 Å². The first-order valence-corrected chi connectivity index (χ1v) is 15.8. The monoisotopic (exact) mass is 670 g/mol. The van der Waals surface area contributed by atoms with Gasteiger partial charge in [0.15, 0.2) is 0 Å². The SMILES string of the molecule is C=NN(/C(=N\N)N1CCN(C(=O)C(=O)c2c[nH]c3c(-c4cc(C(=O)NCCN5CCOCC5)[nH]n4)ncc(OC)c23)CC1)c1ccccc1. The summed E-state index contributed by atoms with van der Waals surface area (Å²) in [6.07, 6.45) is 2.93. The van der Waals surface area contributed by atoms with E-state index in [4.69, 9.17) is 15.3 Å². The molecule has 0 saturated carbocycles. The number of pyridine rings is 1. The third-order valence-corrected chi connectivity index (χ3v) is 8.51. The van der Waals surface area contributed by atoms with Gasteiger partial charge in [0.25, 0.3) is 17.6 Å². The van der Waals surface area contributed by atoms with Gasteiger partial charge in [-0.2, -0.15) is 15.2 Å². The number of hydrogen-bond acceptors (Lipinski definition) is 11. The number of nitrogens with two attached hydrogens (primary N) is 1. The zero-order valence-corrected chi connectivity index (χ0v) is 27.1. The molecule has 17 nitrogen and oxygen atoms in total. The van der Waals surface area contributed by atoms with E-state index < -0.39 is 11.7 Å². The molecule has 17 heteroatoms. The number of hydrazone groups is 2. The molecule has 0 unspecified atom stereocenters. The predicted molar refractivity (Wildman–Crippen MR) is 182 cm³/mol. The Hall–Kier alpha value is -5.81. The first-order valence-electron chi connectivity index (χ1n) is 15.8. The average Bonchev–Trinajstić information content (AvgIpc) is 3.83. The zero-order valence-electron chi connectivity index (χ0n) is 27.1. The Morgan fingerprint density at radius 1 is 1.10 bits per heavy atom. The number of H-pyrrole nitrogens is 2. The molecule has 49 heavy (non-hydrogen) atoms. The number of hydrogen-bond donors (Lipinski definition) is 4. The molecular formula is C32H38N12O5. The van der Waals surface area contributed by atoms with Crippen LogP contribution in [0.4, 0.5) is 5.69 Å². The van der Waals surface area contributed by atoms with Crippen molar-refractivity contribution in [2.45, 2.75) is 0 Å². The van der Waals surface area contributed by atoms with Gasteiger partial charge in [0.1, 0.15) is 22.8 Å². The topological polar surface area (TPSA) is 203 Å². The number of methoxy groups -OCH3 is 1. The number of ketones is 1. The van der Waals surface area contributed by atoms with Crippen molar-refractivity contribution in [3.05, 3.63) is 60.0 Å². The minimum atomic E-state index is -0.705. The standard InChI is InChI=1S/C32H38N12O5/c1-34-44(21-6-4-3-5-7-21)32(38-33)43-12-10-42(11-13-43)31(47)29(45)22-19-36-28-26(22)25(48-2)20-37-27(28)23-18-24(40-39-23)30(46)35-8-9-41-14-16-49-17-15-41/h3-7,18-20,36H,1,8-17,33H2,2H3,(H,35,46)(H,39,40)/b38-32-. The number of piperazine rings is 1. The lowest BCUT2D eigenvalue weighted by molar-refractivity contribution is -0.127. The summed E-state index contributed by atoms with van der Waals surface area (Å²) in [4.78, 5) is 53.2. The van der Waals surface area contributed by atoms with Crippen molar-refractivity contribution >= 4 is 46.9 Å². The number of nitrogens with zero attached hydrogens (tertiary/aromatic N) is 8. The smallest absolute Gasteiger partial charge is 0.295 e. The largest absolute Gasteiger partial charge is 0.494 e. The summed E-state index contributed by atoms with van der Waals surface area (Å²) in [6, 6.07) is 10.9. The van der Waals surface area contributed by atoms with Gasteiger partial charge >= 0.3 is 0 Å². The van der Waals surface area contributed by atoms with E-state index in [0.29, 0.717) is 73.4 Å². The third-order valence-electron chi connectivity index (χ3n) is 8.51. The summed E-state index contributed by atoms with van der Waals surface area (Å²) in [6.45, 7) is 9.11. The Kier molecular flexibility index (Phi) is 10.1. The van der Waals surface area contributed by atoms with E-state index in [-0.39, 0.29) is 30.3 Å². The van der Waals surface area contributed by atoms with Gasteiger partial charge in [-0.1, -0.05) is 18.2 Å². The van der Waals surface area contributed by atoms with Crippen LogP contribution in [0.3, 0.4) is 0 Å². The lowest BCUT2D eigenvalue weighted by atomic mass is 10.1. The van der Waals surface area contributed by atoms with Gasteiger partial charge in [-0.3, -0.25) is 24.4 Å². The number of ether oxygens (including phenoxy) is 2. The highest BCUT2D eigenvalue weighted by Gasteiger charge is 2.32. The molecule has 2 aliphatic rings. The molecule has 2 fully saturated rings. The normalized spacial score (nSPS) is 15.7. The van der Waals surface area contributed by atoms with E-state index in [9.17, 15) is 14.4 Å². The summed E-state index contributed by atoms with van der Waals surface area (Å²) >= 11 is 0. The van der Waals surface area contributed by atoms with Crippen LogP contribution in [0.15, 0.2) is 59.0 Å². The molecule has 1 aromatic carbocycles. The first kappa shape index (κ1) is 33.1. The van der Waals surface area contributed by atoms with Crippen LogP contribution in [0.5, 0.6) is 5.75 Å². The fraction of sp³-hybridized carbons (Fsp3) is 0.344. The number of aromatic amines is 2.